The largest absolute Gasteiger partial charge is 0.388 e. The maximum absolute atomic E-state index is 9.29. The minimum Gasteiger partial charge on any atom is -0.388 e. The molecule has 1 heterocycles. The molecule has 1 N–H and O–H groups in total. The van der Waals surface area contributed by atoms with E-state index in [4.69, 9.17) is 0 Å². The van der Waals surface area contributed by atoms with Gasteiger partial charge in [-0.2, -0.15) is 0 Å². The fourth-order valence-electron chi connectivity index (χ4n) is 2.96. The molecule has 1 aromatic rings. The highest BCUT2D eigenvalue weighted by Gasteiger charge is 2.35. The topological polar surface area (TPSA) is 50.9 Å². The fourth-order valence-corrected chi connectivity index (χ4v) is 2.96. The van der Waals surface area contributed by atoms with Crippen LogP contribution < -0.4 is 0 Å². The molecule has 2 aliphatic rings. The first-order valence-electron chi connectivity index (χ1n) is 6.35. The lowest BCUT2D eigenvalue weighted by Crippen LogP contribution is -2.12. The molecule has 0 bridgehead atoms. The van der Waals surface area contributed by atoms with Crippen LogP contribution in [0.15, 0.2) is 0 Å². The number of aliphatic hydroxyl groups is 1. The van der Waals surface area contributed by atoms with E-state index in [0.29, 0.717) is 17.9 Å². The van der Waals surface area contributed by atoms with Crippen molar-refractivity contribution in [3.63, 3.8) is 0 Å². The van der Waals surface area contributed by atoms with Gasteiger partial charge in [0.15, 0.2) is 5.82 Å². The summed E-state index contributed by atoms with van der Waals surface area (Å²) < 4.78 is 2.21. The average Bonchev–Trinajstić information content (AvgIpc) is 2.90. The highest BCUT2D eigenvalue weighted by Crippen LogP contribution is 2.43. The van der Waals surface area contributed by atoms with E-state index in [2.05, 4.69) is 21.7 Å². The Balaban J connectivity index is 1.96. The van der Waals surface area contributed by atoms with Crippen molar-refractivity contribution in [1.82, 2.24) is 14.8 Å². The zero-order valence-electron chi connectivity index (χ0n) is 9.76. The van der Waals surface area contributed by atoms with Crippen LogP contribution in [0.4, 0.5) is 0 Å². The van der Waals surface area contributed by atoms with E-state index in [0.717, 1.165) is 11.6 Å². The van der Waals surface area contributed by atoms with Crippen LogP contribution in [0.2, 0.25) is 0 Å². The third kappa shape index (κ3) is 1.56. The molecule has 2 aliphatic carbocycles. The van der Waals surface area contributed by atoms with Crippen LogP contribution in [-0.2, 0) is 6.61 Å². The molecule has 0 amide bonds. The minimum atomic E-state index is 0.0185. The van der Waals surface area contributed by atoms with Gasteiger partial charge in [0.05, 0.1) is 0 Å². The lowest BCUT2D eigenvalue weighted by molar-refractivity contribution is 0.263. The number of aromatic nitrogens is 3. The second kappa shape index (κ2) is 3.84. The van der Waals surface area contributed by atoms with Gasteiger partial charge in [0.25, 0.3) is 0 Å². The predicted octanol–water partition coefficient (Wildman–Crippen LogP) is 2.01. The molecule has 2 fully saturated rings. The number of nitrogens with zero attached hydrogens (tertiary/aromatic N) is 3. The molecular weight excluding hydrogens is 202 g/mol. The molecule has 1 aromatic heterocycles. The Hall–Kier alpha value is -0.900. The number of aliphatic hydroxyl groups excluding tert-OH is 1. The van der Waals surface area contributed by atoms with Crippen LogP contribution in [0.25, 0.3) is 0 Å². The van der Waals surface area contributed by atoms with Gasteiger partial charge in [-0.15, -0.1) is 10.2 Å². The van der Waals surface area contributed by atoms with Gasteiger partial charge in [-0.1, -0.05) is 13.3 Å². The summed E-state index contributed by atoms with van der Waals surface area (Å²) in [6, 6.07) is 0.569. The summed E-state index contributed by atoms with van der Waals surface area (Å²) in [5.74, 6) is 3.18. The summed E-state index contributed by atoms with van der Waals surface area (Å²) in [7, 11) is 0. The van der Waals surface area contributed by atoms with Gasteiger partial charge in [0.2, 0.25) is 0 Å². The lowest BCUT2D eigenvalue weighted by atomic mass is 9.97. The molecule has 0 aromatic carbocycles. The Morgan fingerprint density at radius 2 is 2.06 bits per heavy atom. The molecule has 2 atom stereocenters. The summed E-state index contributed by atoms with van der Waals surface area (Å²) in [5, 5.41) is 17.8. The van der Waals surface area contributed by atoms with Gasteiger partial charge >= 0.3 is 0 Å². The Morgan fingerprint density at radius 3 is 2.62 bits per heavy atom. The molecule has 3 rings (SSSR count). The van der Waals surface area contributed by atoms with Crippen LogP contribution in [0, 0.1) is 5.92 Å². The van der Waals surface area contributed by atoms with Crippen LogP contribution in [0.5, 0.6) is 0 Å². The Bertz CT molecular complexity index is 384. The first-order valence-corrected chi connectivity index (χ1v) is 6.35. The van der Waals surface area contributed by atoms with Gasteiger partial charge in [-0.05, 0) is 31.6 Å². The smallest absolute Gasteiger partial charge is 0.159 e. The van der Waals surface area contributed by atoms with Gasteiger partial charge in [0.1, 0.15) is 12.4 Å². The zero-order valence-corrected chi connectivity index (χ0v) is 9.76. The Labute approximate surface area is 95.7 Å². The normalized spacial score (nSPS) is 29.9. The Kier molecular flexibility index (Phi) is 2.46. The third-order valence-electron chi connectivity index (χ3n) is 4.04. The third-order valence-corrected chi connectivity index (χ3v) is 4.04. The van der Waals surface area contributed by atoms with E-state index >= 15 is 0 Å². The van der Waals surface area contributed by atoms with E-state index in [1.54, 1.807) is 0 Å². The van der Waals surface area contributed by atoms with Crippen LogP contribution >= 0.6 is 0 Å². The highest BCUT2D eigenvalue weighted by molar-refractivity contribution is 5.09. The summed E-state index contributed by atoms with van der Waals surface area (Å²) in [4.78, 5) is 0. The molecule has 0 saturated heterocycles. The molecule has 0 aliphatic heterocycles. The van der Waals surface area contributed by atoms with Gasteiger partial charge in [-0.25, -0.2) is 0 Å². The summed E-state index contributed by atoms with van der Waals surface area (Å²) >= 11 is 0. The number of rotatable bonds is 3. The zero-order chi connectivity index (χ0) is 11.1. The molecule has 88 valence electrons. The maximum Gasteiger partial charge on any atom is 0.159 e. The molecule has 2 unspecified atom stereocenters. The van der Waals surface area contributed by atoms with Crippen molar-refractivity contribution in [2.24, 2.45) is 5.92 Å². The van der Waals surface area contributed by atoms with E-state index < -0.39 is 0 Å². The SMILES string of the molecule is CC1CCCC1c1nnc(CO)n1C1CC1. The number of hydrogen-bond acceptors (Lipinski definition) is 3. The van der Waals surface area contributed by atoms with Crippen molar-refractivity contribution in [2.45, 2.75) is 57.6 Å². The van der Waals surface area contributed by atoms with E-state index in [-0.39, 0.29) is 6.61 Å². The summed E-state index contributed by atoms with van der Waals surface area (Å²) in [6.07, 6.45) is 6.28. The van der Waals surface area contributed by atoms with Crippen LogP contribution in [0.3, 0.4) is 0 Å². The van der Waals surface area contributed by atoms with Crippen molar-refractivity contribution in [1.29, 1.82) is 0 Å². The number of hydrogen-bond donors (Lipinski definition) is 1. The molecule has 0 spiro atoms. The van der Waals surface area contributed by atoms with Crippen molar-refractivity contribution in [3.05, 3.63) is 11.6 Å². The molecular formula is C12H19N3O. The van der Waals surface area contributed by atoms with Crippen molar-refractivity contribution in [3.8, 4) is 0 Å². The van der Waals surface area contributed by atoms with E-state index in [1.807, 2.05) is 0 Å². The molecule has 0 radical (unpaired) electrons. The molecule has 4 nitrogen and oxygen atoms in total. The quantitative estimate of drug-likeness (QED) is 0.849. The Morgan fingerprint density at radius 1 is 1.25 bits per heavy atom. The highest BCUT2D eigenvalue weighted by atomic mass is 16.3. The van der Waals surface area contributed by atoms with E-state index in [9.17, 15) is 5.11 Å². The molecule has 4 heteroatoms. The predicted molar refractivity (Wildman–Crippen MR) is 60.0 cm³/mol. The van der Waals surface area contributed by atoms with Crippen LogP contribution in [-0.4, -0.2) is 19.9 Å². The first-order chi connectivity index (χ1) is 7.81. The second-order valence-electron chi connectivity index (χ2n) is 5.25. The monoisotopic (exact) mass is 221 g/mol. The van der Waals surface area contributed by atoms with Gasteiger partial charge in [0, 0.05) is 12.0 Å². The minimum absolute atomic E-state index is 0.0185. The van der Waals surface area contributed by atoms with Gasteiger partial charge < -0.3 is 9.67 Å². The maximum atomic E-state index is 9.29. The lowest BCUT2D eigenvalue weighted by Gasteiger charge is -2.16. The fraction of sp³-hybridized carbons (Fsp3) is 0.833. The standard InChI is InChI=1S/C12H19N3O/c1-8-3-2-4-10(8)12-14-13-11(7-16)15(12)9-5-6-9/h8-10,16H,2-7H2,1H3. The molecule has 16 heavy (non-hydrogen) atoms. The summed E-state index contributed by atoms with van der Waals surface area (Å²) in [5.41, 5.74) is 0. The molecule has 2 saturated carbocycles. The van der Waals surface area contributed by atoms with Crippen molar-refractivity contribution >= 4 is 0 Å². The summed E-state index contributed by atoms with van der Waals surface area (Å²) in [6.45, 7) is 2.33. The average molecular weight is 221 g/mol. The van der Waals surface area contributed by atoms with Crippen molar-refractivity contribution in [2.75, 3.05) is 0 Å². The van der Waals surface area contributed by atoms with E-state index in [1.165, 1.54) is 32.1 Å². The van der Waals surface area contributed by atoms with Crippen molar-refractivity contribution < 1.29 is 5.11 Å². The van der Waals surface area contributed by atoms with Crippen LogP contribution in [0.1, 0.15) is 62.6 Å². The first kappa shape index (κ1) is 10.3. The van der Waals surface area contributed by atoms with Gasteiger partial charge in [-0.3, -0.25) is 0 Å². The second-order valence-corrected chi connectivity index (χ2v) is 5.25.